The molecule has 27 heavy (non-hydrogen) atoms. The molecule has 0 unspecified atom stereocenters. The second-order valence-corrected chi connectivity index (χ2v) is 7.21. The average molecular weight is 393 g/mol. The van der Waals surface area contributed by atoms with Gasteiger partial charge in [-0.2, -0.15) is 0 Å². The van der Waals surface area contributed by atoms with Gasteiger partial charge in [0.25, 0.3) is 11.1 Å². The van der Waals surface area contributed by atoms with Crippen LogP contribution in [0.3, 0.4) is 0 Å². The third-order valence-corrected chi connectivity index (χ3v) is 4.94. The molecule has 2 atom stereocenters. The van der Waals surface area contributed by atoms with Crippen molar-refractivity contribution in [2.75, 3.05) is 33.1 Å². The van der Waals surface area contributed by atoms with E-state index < -0.39 is 0 Å². The van der Waals surface area contributed by atoms with Gasteiger partial charge in [-0.3, -0.25) is 4.79 Å². The van der Waals surface area contributed by atoms with Crippen LogP contribution in [0.2, 0.25) is 0 Å². The Bertz CT molecular complexity index is 787. The van der Waals surface area contributed by atoms with Gasteiger partial charge >= 0.3 is 0 Å². The molecule has 0 radical (unpaired) electrons. The molecule has 9 heteroatoms. The van der Waals surface area contributed by atoms with Crippen molar-refractivity contribution in [2.45, 2.75) is 31.3 Å². The lowest BCUT2D eigenvalue weighted by Crippen LogP contribution is -2.48. The van der Waals surface area contributed by atoms with Crippen LogP contribution in [-0.2, 0) is 9.53 Å². The lowest BCUT2D eigenvalue weighted by Gasteiger charge is -2.35. The monoisotopic (exact) mass is 393 g/mol. The number of amides is 1. The molecule has 1 fully saturated rings. The number of benzene rings is 1. The highest BCUT2D eigenvalue weighted by atomic mass is 32.2. The van der Waals surface area contributed by atoms with E-state index in [0.29, 0.717) is 41.3 Å². The Morgan fingerprint density at radius 1 is 1.22 bits per heavy atom. The highest BCUT2D eigenvalue weighted by Crippen LogP contribution is 2.33. The number of thioether (sulfide) groups is 1. The summed E-state index contributed by atoms with van der Waals surface area (Å²) in [5.74, 6) is 1.84. The molecule has 3 rings (SSSR count). The topological polar surface area (TPSA) is 86.9 Å². The van der Waals surface area contributed by atoms with Crippen LogP contribution in [-0.4, -0.2) is 66.3 Å². The van der Waals surface area contributed by atoms with E-state index in [-0.39, 0.29) is 23.9 Å². The third-order valence-electron chi connectivity index (χ3n) is 4.14. The quantitative estimate of drug-likeness (QED) is 0.692. The van der Waals surface area contributed by atoms with Crippen LogP contribution in [0.15, 0.2) is 27.8 Å². The van der Waals surface area contributed by atoms with Gasteiger partial charge < -0.3 is 23.5 Å². The van der Waals surface area contributed by atoms with Crippen LogP contribution >= 0.6 is 11.8 Å². The molecule has 1 amide bonds. The van der Waals surface area contributed by atoms with Crippen LogP contribution < -0.4 is 9.47 Å². The van der Waals surface area contributed by atoms with E-state index in [2.05, 4.69) is 10.2 Å². The van der Waals surface area contributed by atoms with E-state index in [4.69, 9.17) is 18.6 Å². The number of aromatic nitrogens is 2. The Hall–Kier alpha value is -2.26. The zero-order valence-corrected chi connectivity index (χ0v) is 16.6. The molecular formula is C18H23N3O5S. The zero-order valence-electron chi connectivity index (χ0n) is 15.8. The lowest BCUT2D eigenvalue weighted by molar-refractivity contribution is -0.140. The van der Waals surface area contributed by atoms with Crippen LogP contribution in [0, 0.1) is 0 Å². The molecule has 146 valence electrons. The summed E-state index contributed by atoms with van der Waals surface area (Å²) in [4.78, 5) is 14.3. The minimum Gasteiger partial charge on any atom is -0.497 e. The van der Waals surface area contributed by atoms with Gasteiger partial charge in [0.2, 0.25) is 5.91 Å². The smallest absolute Gasteiger partial charge is 0.277 e. The summed E-state index contributed by atoms with van der Waals surface area (Å²) in [5.41, 5.74) is 0.666. The van der Waals surface area contributed by atoms with Crippen LogP contribution in [0.5, 0.6) is 11.5 Å². The average Bonchev–Trinajstić information content (AvgIpc) is 3.13. The number of methoxy groups -OCH3 is 2. The number of nitrogens with zero attached hydrogens (tertiary/aromatic N) is 3. The number of ether oxygens (including phenoxy) is 3. The van der Waals surface area contributed by atoms with Crippen molar-refractivity contribution in [2.24, 2.45) is 0 Å². The summed E-state index contributed by atoms with van der Waals surface area (Å²) in [6, 6.07) is 5.33. The third kappa shape index (κ3) is 4.72. The van der Waals surface area contributed by atoms with Crippen molar-refractivity contribution < 1.29 is 23.4 Å². The maximum atomic E-state index is 12.4. The molecule has 1 aromatic carbocycles. The molecule has 2 aromatic rings. The SMILES string of the molecule is COc1ccc(-c2nnc(SCC(=O)N3C[C@@H](C)O[C@H](C)C3)o2)c(OC)c1. The van der Waals surface area contributed by atoms with E-state index in [1.54, 1.807) is 32.4 Å². The summed E-state index contributed by atoms with van der Waals surface area (Å²) in [5, 5.41) is 8.42. The number of carbonyl (C=O) groups is 1. The van der Waals surface area contributed by atoms with E-state index >= 15 is 0 Å². The molecule has 0 N–H and O–H groups in total. The van der Waals surface area contributed by atoms with Crippen molar-refractivity contribution >= 4 is 17.7 Å². The number of morpholine rings is 1. The molecule has 1 aromatic heterocycles. The highest BCUT2D eigenvalue weighted by Gasteiger charge is 2.26. The fraction of sp³-hybridized carbons (Fsp3) is 0.500. The predicted octanol–water partition coefficient (Wildman–Crippen LogP) is 2.48. The first kappa shape index (κ1) is 19.5. The van der Waals surface area contributed by atoms with Gasteiger partial charge in [0, 0.05) is 19.2 Å². The number of carbonyl (C=O) groups excluding carboxylic acids is 1. The van der Waals surface area contributed by atoms with Gasteiger partial charge in [0.05, 0.1) is 37.7 Å². The van der Waals surface area contributed by atoms with Crippen molar-refractivity contribution in [1.29, 1.82) is 0 Å². The second-order valence-electron chi connectivity index (χ2n) is 6.28. The first-order valence-electron chi connectivity index (χ1n) is 8.62. The van der Waals surface area contributed by atoms with E-state index in [0.717, 1.165) is 0 Å². The molecule has 8 nitrogen and oxygen atoms in total. The lowest BCUT2D eigenvalue weighted by atomic mass is 10.2. The van der Waals surface area contributed by atoms with Crippen molar-refractivity contribution in [3.63, 3.8) is 0 Å². The van der Waals surface area contributed by atoms with Crippen LogP contribution in [0.1, 0.15) is 13.8 Å². The van der Waals surface area contributed by atoms with Crippen LogP contribution in [0.25, 0.3) is 11.5 Å². The van der Waals surface area contributed by atoms with Gasteiger partial charge in [0.1, 0.15) is 11.5 Å². The molecule has 1 aliphatic heterocycles. The Morgan fingerprint density at radius 3 is 2.63 bits per heavy atom. The summed E-state index contributed by atoms with van der Waals surface area (Å²) >= 11 is 1.22. The van der Waals surface area contributed by atoms with E-state index in [1.165, 1.54) is 11.8 Å². The highest BCUT2D eigenvalue weighted by molar-refractivity contribution is 7.99. The molecule has 0 saturated carbocycles. The summed E-state index contributed by atoms with van der Waals surface area (Å²) < 4.78 is 21.9. The first-order chi connectivity index (χ1) is 13.0. The minimum absolute atomic E-state index is 0.0313. The Morgan fingerprint density at radius 2 is 1.96 bits per heavy atom. The molecule has 0 aliphatic carbocycles. The van der Waals surface area contributed by atoms with E-state index in [9.17, 15) is 4.79 Å². The van der Waals surface area contributed by atoms with Crippen molar-refractivity contribution in [3.8, 4) is 23.0 Å². The summed E-state index contributed by atoms with van der Waals surface area (Å²) in [6.07, 6.45) is 0.0838. The van der Waals surface area contributed by atoms with E-state index in [1.807, 2.05) is 18.7 Å². The Kier molecular flexibility index (Phi) is 6.22. The molecule has 0 spiro atoms. The Labute approximate surface area is 162 Å². The van der Waals surface area contributed by atoms with Crippen molar-refractivity contribution in [3.05, 3.63) is 18.2 Å². The molecular weight excluding hydrogens is 370 g/mol. The first-order valence-corrected chi connectivity index (χ1v) is 9.60. The maximum Gasteiger partial charge on any atom is 0.277 e. The molecule has 1 aliphatic rings. The summed E-state index contributed by atoms with van der Waals surface area (Å²) in [7, 11) is 3.15. The van der Waals surface area contributed by atoms with Gasteiger partial charge in [0.15, 0.2) is 0 Å². The van der Waals surface area contributed by atoms with Crippen LogP contribution in [0.4, 0.5) is 0 Å². The summed E-state index contributed by atoms with van der Waals surface area (Å²) in [6.45, 7) is 5.13. The maximum absolute atomic E-state index is 12.4. The minimum atomic E-state index is 0.0313. The standard InChI is InChI=1S/C18H23N3O5S/c1-11-8-21(9-12(2)25-11)16(22)10-27-18-20-19-17(26-18)14-6-5-13(23-3)7-15(14)24-4/h5-7,11-12H,8-10H2,1-4H3/t11-,12-/m1/s1. The van der Waals surface area contributed by atoms with Gasteiger partial charge in [-0.25, -0.2) is 0 Å². The normalized spacial score (nSPS) is 19.8. The number of hydrogen-bond donors (Lipinski definition) is 0. The fourth-order valence-electron chi connectivity index (χ4n) is 2.95. The van der Waals surface area contributed by atoms with Gasteiger partial charge in [-0.15, -0.1) is 10.2 Å². The van der Waals surface area contributed by atoms with Crippen molar-refractivity contribution in [1.82, 2.24) is 15.1 Å². The largest absolute Gasteiger partial charge is 0.497 e. The molecule has 0 bridgehead atoms. The molecule has 1 saturated heterocycles. The predicted molar refractivity (Wildman–Crippen MR) is 100 cm³/mol. The zero-order chi connectivity index (χ0) is 19.4. The second kappa shape index (κ2) is 8.62. The fourth-order valence-corrected chi connectivity index (χ4v) is 3.61. The van der Waals surface area contributed by atoms with Gasteiger partial charge in [-0.05, 0) is 26.0 Å². The number of hydrogen-bond acceptors (Lipinski definition) is 8. The Balaban J connectivity index is 1.64. The van der Waals surface area contributed by atoms with Gasteiger partial charge in [-0.1, -0.05) is 11.8 Å². The number of rotatable bonds is 6. The molecule has 2 heterocycles.